The number of anilines is 1. The van der Waals surface area contributed by atoms with Gasteiger partial charge in [-0.3, -0.25) is 4.79 Å². The van der Waals surface area contributed by atoms with Gasteiger partial charge in [-0.1, -0.05) is 26.7 Å². The van der Waals surface area contributed by atoms with Crippen LogP contribution in [0.25, 0.3) is 0 Å². The molecule has 1 rings (SSSR count). The maximum absolute atomic E-state index is 10.6. The highest BCUT2D eigenvalue weighted by Gasteiger charge is 2.10. The minimum Gasteiger partial charge on any atom is -0.481 e. The zero-order valence-corrected chi connectivity index (χ0v) is 12.6. The second kappa shape index (κ2) is 8.91. The van der Waals surface area contributed by atoms with Crippen LogP contribution in [0.4, 0.5) is 5.13 Å². The van der Waals surface area contributed by atoms with Gasteiger partial charge in [-0.05, 0) is 25.2 Å². The number of aryl methyl sites for hydroxylation is 1. The molecular weight excluding hydrogens is 260 g/mol. The number of carboxylic acids is 1. The maximum Gasteiger partial charge on any atom is 0.303 e. The fourth-order valence-corrected chi connectivity index (χ4v) is 2.93. The highest BCUT2D eigenvalue weighted by atomic mass is 32.1. The van der Waals surface area contributed by atoms with Crippen LogP contribution in [-0.2, 0) is 11.2 Å². The third-order valence-corrected chi connectivity index (χ3v) is 4.05. The van der Waals surface area contributed by atoms with E-state index in [1.807, 2.05) is 0 Å². The Kier molecular flexibility index (Phi) is 7.48. The van der Waals surface area contributed by atoms with E-state index in [9.17, 15) is 4.79 Å². The van der Waals surface area contributed by atoms with Gasteiger partial charge in [0.2, 0.25) is 0 Å². The van der Waals surface area contributed by atoms with Gasteiger partial charge in [0.05, 0.1) is 5.69 Å². The van der Waals surface area contributed by atoms with E-state index in [1.54, 1.807) is 11.3 Å². The molecule has 0 amide bonds. The molecule has 0 aromatic carbocycles. The molecule has 2 N–H and O–H groups in total. The number of thiazole rings is 1. The Morgan fingerprint density at radius 2 is 2.21 bits per heavy atom. The summed E-state index contributed by atoms with van der Waals surface area (Å²) in [4.78, 5) is 15.1. The quantitative estimate of drug-likeness (QED) is 0.686. The van der Waals surface area contributed by atoms with Crippen LogP contribution >= 0.6 is 11.3 Å². The lowest BCUT2D eigenvalue weighted by atomic mass is 9.94. The van der Waals surface area contributed by atoms with Crippen LogP contribution in [0.15, 0.2) is 5.38 Å². The monoisotopic (exact) mass is 284 g/mol. The molecule has 1 heterocycles. The zero-order chi connectivity index (χ0) is 14.1. The maximum atomic E-state index is 10.6. The Hall–Kier alpha value is -1.10. The van der Waals surface area contributed by atoms with Crippen molar-refractivity contribution in [2.45, 2.75) is 52.4 Å². The van der Waals surface area contributed by atoms with Gasteiger partial charge in [0.25, 0.3) is 0 Å². The molecule has 0 spiro atoms. The number of hydrogen-bond donors (Lipinski definition) is 2. The molecule has 0 aliphatic carbocycles. The van der Waals surface area contributed by atoms with E-state index in [0.29, 0.717) is 5.92 Å². The number of carboxylic acid groups (broad SMARTS) is 1. The van der Waals surface area contributed by atoms with Gasteiger partial charge in [-0.15, -0.1) is 11.3 Å². The van der Waals surface area contributed by atoms with Crippen LogP contribution in [0.2, 0.25) is 0 Å². The molecule has 0 bridgehead atoms. The first-order valence-electron chi connectivity index (χ1n) is 7.05. The van der Waals surface area contributed by atoms with Gasteiger partial charge < -0.3 is 10.4 Å². The Bertz CT molecular complexity index is 379. The molecule has 0 aliphatic rings. The average Bonchev–Trinajstić information content (AvgIpc) is 2.84. The van der Waals surface area contributed by atoms with Crippen molar-refractivity contribution >= 4 is 22.4 Å². The van der Waals surface area contributed by atoms with Crippen molar-refractivity contribution in [3.63, 3.8) is 0 Å². The standard InChI is InChI=1S/C14H24N2O2S/c1-3-5-11(6-7-13(17)18)8-9-15-14-16-12(4-2)10-19-14/h10-11H,3-9H2,1-2H3,(H,15,16)(H,17,18). The number of hydrogen-bond acceptors (Lipinski definition) is 4. The minimum atomic E-state index is -0.693. The third kappa shape index (κ3) is 6.57. The largest absolute Gasteiger partial charge is 0.481 e. The van der Waals surface area contributed by atoms with Crippen LogP contribution in [0.5, 0.6) is 0 Å². The topological polar surface area (TPSA) is 62.2 Å². The first-order valence-corrected chi connectivity index (χ1v) is 7.93. The highest BCUT2D eigenvalue weighted by Crippen LogP contribution is 2.20. The summed E-state index contributed by atoms with van der Waals surface area (Å²) in [5.74, 6) is -0.194. The number of carbonyl (C=O) groups is 1. The summed E-state index contributed by atoms with van der Waals surface area (Å²) in [5.41, 5.74) is 1.13. The molecular formula is C14H24N2O2S. The lowest BCUT2D eigenvalue weighted by molar-refractivity contribution is -0.137. The highest BCUT2D eigenvalue weighted by molar-refractivity contribution is 7.13. The van der Waals surface area contributed by atoms with E-state index in [-0.39, 0.29) is 6.42 Å². The average molecular weight is 284 g/mol. The van der Waals surface area contributed by atoms with Crippen molar-refractivity contribution < 1.29 is 9.90 Å². The van der Waals surface area contributed by atoms with E-state index in [4.69, 9.17) is 5.11 Å². The fourth-order valence-electron chi connectivity index (χ4n) is 2.10. The summed E-state index contributed by atoms with van der Waals surface area (Å²) in [6, 6.07) is 0. The van der Waals surface area contributed by atoms with Crippen LogP contribution in [0.3, 0.4) is 0 Å². The lowest BCUT2D eigenvalue weighted by Gasteiger charge is -2.15. The van der Waals surface area contributed by atoms with Crippen LogP contribution in [0.1, 0.15) is 51.6 Å². The van der Waals surface area contributed by atoms with E-state index in [2.05, 4.69) is 29.5 Å². The van der Waals surface area contributed by atoms with E-state index < -0.39 is 5.97 Å². The lowest BCUT2D eigenvalue weighted by Crippen LogP contribution is -2.11. The summed E-state index contributed by atoms with van der Waals surface area (Å²) in [5, 5.41) is 15.1. The molecule has 5 heteroatoms. The summed E-state index contributed by atoms with van der Waals surface area (Å²) >= 11 is 1.64. The molecule has 1 atom stereocenters. The number of nitrogens with one attached hydrogen (secondary N) is 1. The first kappa shape index (κ1) is 16.0. The van der Waals surface area contributed by atoms with Gasteiger partial charge >= 0.3 is 5.97 Å². The molecule has 1 aromatic heterocycles. The summed E-state index contributed by atoms with van der Waals surface area (Å²) in [6.07, 6.45) is 5.26. The molecule has 0 saturated heterocycles. The van der Waals surface area contributed by atoms with Crippen LogP contribution in [-0.4, -0.2) is 22.6 Å². The van der Waals surface area contributed by atoms with Crippen molar-refractivity contribution in [3.05, 3.63) is 11.1 Å². The van der Waals surface area contributed by atoms with Gasteiger partial charge in [-0.25, -0.2) is 4.98 Å². The van der Waals surface area contributed by atoms with Gasteiger partial charge in [0, 0.05) is 18.3 Å². The Morgan fingerprint density at radius 3 is 2.79 bits per heavy atom. The second-order valence-corrected chi connectivity index (χ2v) is 5.66. The molecule has 0 aliphatic heterocycles. The molecule has 4 nitrogen and oxygen atoms in total. The Labute approximate surface area is 119 Å². The van der Waals surface area contributed by atoms with Gasteiger partial charge in [-0.2, -0.15) is 0 Å². The minimum absolute atomic E-state index is 0.280. The second-order valence-electron chi connectivity index (χ2n) is 4.80. The summed E-state index contributed by atoms with van der Waals surface area (Å²) < 4.78 is 0. The van der Waals surface area contributed by atoms with Crippen molar-refractivity contribution in [3.8, 4) is 0 Å². The fraction of sp³-hybridized carbons (Fsp3) is 0.714. The molecule has 108 valence electrons. The molecule has 19 heavy (non-hydrogen) atoms. The van der Waals surface area contributed by atoms with Gasteiger partial charge in [0.1, 0.15) is 0 Å². The SMILES string of the molecule is CCCC(CCNc1nc(CC)cs1)CCC(=O)O. The predicted molar refractivity (Wildman–Crippen MR) is 79.9 cm³/mol. The van der Waals surface area contributed by atoms with Crippen LogP contribution < -0.4 is 5.32 Å². The van der Waals surface area contributed by atoms with Crippen molar-refractivity contribution in [2.75, 3.05) is 11.9 Å². The molecule has 0 radical (unpaired) electrons. The summed E-state index contributed by atoms with van der Waals surface area (Å²) in [7, 11) is 0. The number of aliphatic carboxylic acids is 1. The predicted octanol–water partition coefficient (Wildman–Crippen LogP) is 3.79. The van der Waals surface area contributed by atoms with Gasteiger partial charge in [0.15, 0.2) is 5.13 Å². The zero-order valence-electron chi connectivity index (χ0n) is 11.8. The molecule has 0 fully saturated rings. The number of nitrogens with zero attached hydrogens (tertiary/aromatic N) is 1. The summed E-state index contributed by atoms with van der Waals surface area (Å²) in [6.45, 7) is 5.12. The Balaban J connectivity index is 2.28. The Morgan fingerprint density at radius 1 is 1.42 bits per heavy atom. The van der Waals surface area contributed by atoms with E-state index >= 15 is 0 Å². The van der Waals surface area contributed by atoms with E-state index in [1.165, 1.54) is 0 Å². The number of rotatable bonds is 10. The first-order chi connectivity index (χ1) is 9.15. The molecule has 1 aromatic rings. The molecule has 1 unspecified atom stereocenters. The third-order valence-electron chi connectivity index (χ3n) is 3.21. The van der Waals surface area contributed by atoms with E-state index in [0.717, 1.165) is 49.5 Å². The van der Waals surface area contributed by atoms with Crippen molar-refractivity contribution in [2.24, 2.45) is 5.92 Å². The smallest absolute Gasteiger partial charge is 0.303 e. The normalized spacial score (nSPS) is 12.3. The van der Waals surface area contributed by atoms with Crippen LogP contribution in [0, 0.1) is 5.92 Å². The van der Waals surface area contributed by atoms with Crippen molar-refractivity contribution in [1.29, 1.82) is 0 Å². The number of aromatic nitrogens is 1. The van der Waals surface area contributed by atoms with Crippen molar-refractivity contribution in [1.82, 2.24) is 4.98 Å². The molecule has 0 saturated carbocycles.